The van der Waals surface area contributed by atoms with Crippen molar-refractivity contribution in [1.29, 1.82) is 0 Å². The van der Waals surface area contributed by atoms with Gasteiger partial charge in [0.1, 0.15) is 5.82 Å². The Morgan fingerprint density at radius 1 is 0.875 bits per heavy atom. The molecular formula is C25H15BrClF2N3. The number of benzene rings is 3. The van der Waals surface area contributed by atoms with Crippen molar-refractivity contribution < 1.29 is 25.6 Å². The highest BCUT2D eigenvalue weighted by Crippen LogP contribution is 2.34. The monoisotopic (exact) mass is 509 g/mol. The minimum absolute atomic E-state index is 0. The van der Waals surface area contributed by atoms with E-state index in [4.69, 9.17) is 0 Å². The van der Waals surface area contributed by atoms with Crippen LogP contribution in [0.15, 0.2) is 89.8 Å². The van der Waals surface area contributed by atoms with Crippen molar-refractivity contribution >= 4 is 43.3 Å². The van der Waals surface area contributed by atoms with Crippen molar-refractivity contribution in [1.82, 2.24) is 9.55 Å². The lowest BCUT2D eigenvalue weighted by Gasteiger charge is -2.04. The zero-order valence-electron chi connectivity index (χ0n) is 16.5. The third-order valence-electron chi connectivity index (χ3n) is 5.63. The number of halogens is 4. The Morgan fingerprint density at radius 3 is 2.47 bits per heavy atom. The van der Waals surface area contributed by atoms with Crippen molar-refractivity contribution in [2.75, 3.05) is 0 Å². The van der Waals surface area contributed by atoms with Crippen molar-refractivity contribution in [3.05, 3.63) is 101 Å². The highest BCUT2D eigenvalue weighted by atomic mass is 79.9. The molecule has 3 aromatic heterocycles. The first-order valence-electron chi connectivity index (χ1n) is 9.77. The number of rotatable bonds is 2. The van der Waals surface area contributed by atoms with Gasteiger partial charge in [-0.05, 0) is 48.5 Å². The van der Waals surface area contributed by atoms with Gasteiger partial charge in [-0.15, -0.1) is 0 Å². The molecule has 1 N–H and O–H groups in total. The minimum atomic E-state index is -0.492. The summed E-state index contributed by atoms with van der Waals surface area (Å²) in [5.74, 6) is -0.981. The lowest BCUT2D eigenvalue weighted by molar-refractivity contribution is -0.510. The van der Waals surface area contributed by atoms with Crippen LogP contribution in [-0.2, 0) is 0 Å². The van der Waals surface area contributed by atoms with E-state index >= 15 is 0 Å². The van der Waals surface area contributed by atoms with Gasteiger partial charge in [-0.2, -0.15) is 8.97 Å². The van der Waals surface area contributed by atoms with Gasteiger partial charge in [0.25, 0.3) is 6.33 Å². The lowest BCUT2D eigenvalue weighted by Crippen LogP contribution is -3.00. The molecule has 6 aromatic rings. The molecule has 0 aliphatic carbocycles. The first-order valence-corrected chi connectivity index (χ1v) is 10.6. The molecule has 0 aliphatic heterocycles. The highest BCUT2D eigenvalue weighted by molar-refractivity contribution is 9.10. The Balaban J connectivity index is 0.00000216. The second-order valence-electron chi connectivity index (χ2n) is 7.47. The molecule has 3 nitrogen and oxygen atoms in total. The lowest BCUT2D eigenvalue weighted by atomic mass is 10.1. The summed E-state index contributed by atoms with van der Waals surface area (Å²) in [4.78, 5) is 3.52. The largest absolute Gasteiger partial charge is 1.00 e. The van der Waals surface area contributed by atoms with Gasteiger partial charge in [-0.3, -0.25) is 0 Å². The maximum atomic E-state index is 14.8. The summed E-state index contributed by atoms with van der Waals surface area (Å²) in [5.41, 5.74) is 4.68. The molecule has 0 amide bonds. The average molecular weight is 511 g/mol. The molecule has 7 heteroatoms. The molecular weight excluding hydrogens is 496 g/mol. The van der Waals surface area contributed by atoms with E-state index in [0.29, 0.717) is 0 Å². The maximum absolute atomic E-state index is 14.8. The Labute approximate surface area is 196 Å². The predicted molar refractivity (Wildman–Crippen MR) is 121 cm³/mol. The number of para-hydroxylation sites is 1. The first-order chi connectivity index (χ1) is 15.1. The molecule has 0 saturated heterocycles. The van der Waals surface area contributed by atoms with Crippen molar-refractivity contribution in [2.24, 2.45) is 0 Å². The Kier molecular flexibility index (Phi) is 4.99. The number of hydrogen-bond acceptors (Lipinski definition) is 0. The minimum Gasteiger partial charge on any atom is -1.00 e. The summed E-state index contributed by atoms with van der Waals surface area (Å²) in [6.07, 6.45) is 3.74. The number of nitrogens with zero attached hydrogens (tertiary/aromatic N) is 2. The number of pyridine rings is 1. The zero-order valence-corrected chi connectivity index (χ0v) is 18.8. The van der Waals surface area contributed by atoms with Crippen LogP contribution in [0.3, 0.4) is 0 Å². The van der Waals surface area contributed by atoms with Crippen LogP contribution in [0.5, 0.6) is 0 Å². The molecule has 0 aliphatic rings. The van der Waals surface area contributed by atoms with Crippen LogP contribution in [0.1, 0.15) is 0 Å². The van der Waals surface area contributed by atoms with Crippen LogP contribution >= 0.6 is 15.9 Å². The fourth-order valence-electron chi connectivity index (χ4n) is 4.25. The van der Waals surface area contributed by atoms with E-state index in [9.17, 15) is 8.78 Å². The fourth-order valence-corrected chi connectivity index (χ4v) is 4.52. The predicted octanol–water partition coefficient (Wildman–Crippen LogP) is 3.56. The first kappa shape index (κ1) is 20.7. The van der Waals surface area contributed by atoms with Gasteiger partial charge in [0.05, 0.1) is 11.7 Å². The summed E-state index contributed by atoms with van der Waals surface area (Å²) in [6, 6.07) is 21.5. The number of fused-ring (bicyclic) bond motifs is 5. The third-order valence-corrected chi connectivity index (χ3v) is 6.16. The Bertz CT molecular complexity index is 1620. The van der Waals surface area contributed by atoms with Gasteiger partial charge in [-0.25, -0.2) is 8.78 Å². The van der Waals surface area contributed by atoms with E-state index in [1.165, 1.54) is 6.07 Å². The second-order valence-corrected chi connectivity index (χ2v) is 8.38. The maximum Gasteiger partial charge on any atom is 0.254 e. The second kappa shape index (κ2) is 7.73. The number of hydrogen-bond donors (Lipinski definition) is 1. The third kappa shape index (κ3) is 3.10. The van der Waals surface area contributed by atoms with Crippen molar-refractivity contribution in [2.45, 2.75) is 0 Å². The van der Waals surface area contributed by atoms with Gasteiger partial charge in [0.15, 0.2) is 17.2 Å². The fraction of sp³-hybridized carbons (Fsp3) is 0. The van der Waals surface area contributed by atoms with Crippen LogP contribution < -0.4 is 16.8 Å². The number of H-pyrrole nitrogens is 1. The molecule has 0 fully saturated rings. The van der Waals surface area contributed by atoms with Crippen LogP contribution in [0.4, 0.5) is 8.78 Å². The van der Waals surface area contributed by atoms with E-state index in [1.54, 1.807) is 10.9 Å². The molecule has 6 rings (SSSR count). The van der Waals surface area contributed by atoms with Crippen LogP contribution in [0, 0.1) is 11.6 Å². The zero-order chi connectivity index (χ0) is 21.1. The molecule has 0 bridgehead atoms. The average Bonchev–Trinajstić information content (AvgIpc) is 3.34. The summed E-state index contributed by atoms with van der Waals surface area (Å²) in [7, 11) is 0. The van der Waals surface area contributed by atoms with E-state index < -0.39 is 11.6 Å². The van der Waals surface area contributed by atoms with Crippen LogP contribution in [0.2, 0.25) is 0 Å². The van der Waals surface area contributed by atoms with E-state index in [0.717, 1.165) is 55.2 Å². The van der Waals surface area contributed by atoms with E-state index in [1.807, 2.05) is 59.1 Å². The van der Waals surface area contributed by atoms with Crippen LogP contribution in [-0.4, -0.2) is 9.55 Å². The molecule has 0 unspecified atom stereocenters. The molecule has 3 heterocycles. The summed E-state index contributed by atoms with van der Waals surface area (Å²) in [6.45, 7) is 0. The topological polar surface area (TPSA) is 24.8 Å². The number of nitrogens with one attached hydrogen (secondary N) is 1. The molecule has 0 spiro atoms. The number of aromatic nitrogens is 3. The quantitative estimate of drug-likeness (QED) is 0.345. The SMILES string of the molecule is Fc1ccc(F)c(-n2c[n+]3ccc4c5ccccc5[nH]c4c3c2-c2ccc(Br)cc2)c1.[Cl-]. The molecule has 158 valence electrons. The molecule has 32 heavy (non-hydrogen) atoms. The van der Waals surface area contributed by atoms with Gasteiger partial charge in [0, 0.05) is 32.4 Å². The number of aromatic amines is 1. The standard InChI is InChI=1S/C25H15BrF2N3.ClH/c26-16-7-5-15(6-8-16)24-25-23-19(18-3-1-2-4-21(18)29-23)11-12-30(25)14-31(24)22-13-17(27)9-10-20(22)28;/h1-14,29H;1H/q+1;/p-1. The summed E-state index contributed by atoms with van der Waals surface area (Å²) >= 11 is 3.48. The summed E-state index contributed by atoms with van der Waals surface area (Å²) < 4.78 is 33.5. The highest BCUT2D eigenvalue weighted by Gasteiger charge is 2.26. The molecule has 3 aromatic carbocycles. The van der Waals surface area contributed by atoms with Gasteiger partial charge >= 0.3 is 0 Å². The normalized spacial score (nSPS) is 11.3. The van der Waals surface area contributed by atoms with Gasteiger partial charge in [0.2, 0.25) is 5.52 Å². The smallest absolute Gasteiger partial charge is 0.254 e. The van der Waals surface area contributed by atoms with Gasteiger partial charge in [-0.1, -0.05) is 34.1 Å². The van der Waals surface area contributed by atoms with Crippen molar-refractivity contribution in [3.8, 4) is 16.9 Å². The Morgan fingerprint density at radius 2 is 1.66 bits per heavy atom. The van der Waals surface area contributed by atoms with Gasteiger partial charge < -0.3 is 17.4 Å². The van der Waals surface area contributed by atoms with Crippen molar-refractivity contribution in [3.63, 3.8) is 0 Å². The van der Waals surface area contributed by atoms with E-state index in [-0.39, 0.29) is 18.1 Å². The molecule has 0 radical (unpaired) electrons. The van der Waals surface area contributed by atoms with E-state index in [2.05, 4.69) is 27.0 Å². The summed E-state index contributed by atoms with van der Waals surface area (Å²) in [5, 5.41) is 2.19. The molecule has 0 atom stereocenters. The molecule has 0 saturated carbocycles. The Hall–Kier alpha value is -3.22. The number of imidazole rings is 1. The van der Waals surface area contributed by atoms with Crippen LogP contribution in [0.25, 0.3) is 44.3 Å².